The summed E-state index contributed by atoms with van der Waals surface area (Å²) in [6.45, 7) is 12.0. The summed E-state index contributed by atoms with van der Waals surface area (Å²) in [7, 11) is -9.92. The Bertz CT molecular complexity index is 1980. The van der Waals surface area contributed by atoms with Gasteiger partial charge in [0.1, 0.15) is 19.3 Å². The van der Waals surface area contributed by atoms with Gasteiger partial charge < -0.3 is 33.8 Å². The fraction of sp³-hybridized carbons (Fsp3) is 0.952. The quantitative estimate of drug-likeness (QED) is 0.0222. The van der Waals surface area contributed by atoms with Gasteiger partial charge in [-0.25, -0.2) is 9.13 Å². The van der Waals surface area contributed by atoms with E-state index in [2.05, 4.69) is 48.5 Å². The number of carbonyl (C=O) groups is 4. The van der Waals surface area contributed by atoms with Crippen molar-refractivity contribution in [1.29, 1.82) is 0 Å². The molecule has 19 heteroatoms. The van der Waals surface area contributed by atoms with Gasteiger partial charge in [-0.15, -0.1) is 0 Å². The summed E-state index contributed by atoms with van der Waals surface area (Å²) in [5.74, 6) is 0.319. The molecular weight excluding hydrogens is 1330 g/mol. The second-order valence-corrected chi connectivity index (χ2v) is 34.0. The zero-order valence-corrected chi connectivity index (χ0v) is 68.9. The number of ether oxygens (including phenoxy) is 4. The number of aliphatic hydroxyl groups excluding tert-OH is 1. The summed E-state index contributed by atoms with van der Waals surface area (Å²) in [5, 5.41) is 10.7. The molecule has 0 aliphatic rings. The summed E-state index contributed by atoms with van der Waals surface area (Å²) in [4.78, 5) is 73.1. The van der Waals surface area contributed by atoms with Crippen molar-refractivity contribution < 1.29 is 80.2 Å². The number of hydrogen-bond acceptors (Lipinski definition) is 15. The highest BCUT2D eigenvalue weighted by Gasteiger charge is 2.30. The van der Waals surface area contributed by atoms with E-state index in [9.17, 15) is 43.2 Å². The Morgan fingerprint density at radius 2 is 0.500 bits per heavy atom. The predicted molar refractivity (Wildman–Crippen MR) is 418 cm³/mol. The van der Waals surface area contributed by atoms with Crippen molar-refractivity contribution in [3.8, 4) is 0 Å². The Labute approximate surface area is 626 Å². The Balaban J connectivity index is 5.22. The molecule has 0 aromatic rings. The molecule has 0 aliphatic heterocycles. The van der Waals surface area contributed by atoms with Crippen LogP contribution >= 0.6 is 15.6 Å². The topological polar surface area (TPSA) is 237 Å². The number of rotatable bonds is 81. The third-order valence-corrected chi connectivity index (χ3v) is 21.6. The van der Waals surface area contributed by atoms with Crippen LogP contribution in [-0.4, -0.2) is 96.7 Å². The molecule has 0 aliphatic carbocycles. The van der Waals surface area contributed by atoms with E-state index >= 15 is 0 Å². The van der Waals surface area contributed by atoms with Crippen molar-refractivity contribution in [1.82, 2.24) is 0 Å². The maximum atomic E-state index is 13.1. The van der Waals surface area contributed by atoms with Gasteiger partial charge in [0.25, 0.3) is 0 Å². The molecule has 0 heterocycles. The van der Waals surface area contributed by atoms with Gasteiger partial charge in [-0.05, 0) is 43.4 Å². The lowest BCUT2D eigenvalue weighted by molar-refractivity contribution is -0.161. The molecule has 17 nitrogen and oxygen atoms in total. The van der Waals surface area contributed by atoms with Crippen molar-refractivity contribution in [2.45, 2.75) is 452 Å². The van der Waals surface area contributed by atoms with Gasteiger partial charge >= 0.3 is 39.5 Å². The Hall–Kier alpha value is -1.94. The number of unbranched alkanes of at least 4 members (excludes halogenated alkanes) is 48. The number of aliphatic hydroxyl groups is 1. The van der Waals surface area contributed by atoms with Crippen LogP contribution in [0.15, 0.2) is 0 Å². The van der Waals surface area contributed by atoms with Crippen molar-refractivity contribution in [2.24, 2.45) is 17.8 Å². The molecule has 3 N–H and O–H groups in total. The van der Waals surface area contributed by atoms with E-state index in [1.165, 1.54) is 244 Å². The van der Waals surface area contributed by atoms with Gasteiger partial charge in [-0.2, -0.15) is 0 Å². The molecule has 6 atom stereocenters. The van der Waals surface area contributed by atoms with Gasteiger partial charge in [0.05, 0.1) is 26.4 Å². The normalized spacial score (nSPS) is 14.2. The summed E-state index contributed by atoms with van der Waals surface area (Å²) in [5.41, 5.74) is 0. The van der Waals surface area contributed by atoms with Crippen LogP contribution < -0.4 is 0 Å². The summed E-state index contributed by atoms with van der Waals surface area (Å²) < 4.78 is 68.8. The first-order valence-electron chi connectivity index (χ1n) is 42.9. The second kappa shape index (κ2) is 73.2. The van der Waals surface area contributed by atoms with Crippen LogP contribution in [-0.2, 0) is 65.4 Å². The molecule has 0 saturated carbocycles. The van der Waals surface area contributed by atoms with E-state index in [-0.39, 0.29) is 25.7 Å². The summed E-state index contributed by atoms with van der Waals surface area (Å²) in [6.07, 6.45) is 62.4. The number of phosphoric ester groups is 2. The number of phosphoric acid groups is 2. The molecule has 0 amide bonds. The third kappa shape index (κ3) is 74.9. The Morgan fingerprint density at radius 1 is 0.284 bits per heavy atom. The van der Waals surface area contributed by atoms with E-state index in [0.29, 0.717) is 25.7 Å². The first kappa shape index (κ1) is 100. The molecule has 0 aromatic carbocycles. The number of carbonyl (C=O) groups excluding carboxylic acids is 4. The third-order valence-electron chi connectivity index (χ3n) is 19.7. The first-order chi connectivity index (χ1) is 49.3. The molecule has 0 radical (unpaired) electrons. The molecule has 3 unspecified atom stereocenters. The van der Waals surface area contributed by atoms with Crippen molar-refractivity contribution in [3.63, 3.8) is 0 Å². The molecule has 0 spiro atoms. The van der Waals surface area contributed by atoms with Gasteiger partial charge in [0.15, 0.2) is 12.2 Å². The van der Waals surface area contributed by atoms with Crippen molar-refractivity contribution in [3.05, 3.63) is 0 Å². The minimum atomic E-state index is -4.96. The van der Waals surface area contributed by atoms with Gasteiger partial charge in [-0.3, -0.25) is 37.3 Å². The molecule has 0 fully saturated rings. The molecule has 102 heavy (non-hydrogen) atoms. The van der Waals surface area contributed by atoms with Crippen LogP contribution in [0.2, 0.25) is 0 Å². The SMILES string of the molecule is CCCCCCCCCCCCC(=O)OC[C@H](COP(=O)(O)OC[C@H](O)COP(=O)(O)OC[C@@H](COC(=O)CCCCCCCCCCCCCCCC(C)C)OC(=O)CCCCCCCCCCCCCCCCCCCCC(C)CC)OC(=O)CCCCCCCCCCCCCC(C)C. The van der Waals surface area contributed by atoms with E-state index in [1.54, 1.807) is 0 Å². The predicted octanol–water partition coefficient (Wildman–Crippen LogP) is 24.9. The number of hydrogen-bond donors (Lipinski definition) is 3. The van der Waals surface area contributed by atoms with E-state index in [4.69, 9.17) is 37.0 Å². The average Bonchev–Trinajstić information content (AvgIpc) is 0.915. The highest BCUT2D eigenvalue weighted by atomic mass is 31.2. The van der Waals surface area contributed by atoms with Crippen molar-refractivity contribution >= 4 is 39.5 Å². The molecule has 606 valence electrons. The molecule has 0 aromatic heterocycles. The van der Waals surface area contributed by atoms with Crippen LogP contribution in [0.1, 0.15) is 434 Å². The summed E-state index contributed by atoms with van der Waals surface area (Å²) >= 11 is 0. The lowest BCUT2D eigenvalue weighted by Gasteiger charge is -2.21. The van der Waals surface area contributed by atoms with Crippen LogP contribution in [0, 0.1) is 17.8 Å². The Kier molecular flexibility index (Phi) is 71.8. The second-order valence-electron chi connectivity index (χ2n) is 31.1. The number of esters is 4. The minimum Gasteiger partial charge on any atom is -0.462 e. The van der Waals surface area contributed by atoms with E-state index in [1.807, 2.05) is 0 Å². The van der Waals surface area contributed by atoms with Gasteiger partial charge in [0, 0.05) is 25.7 Å². The van der Waals surface area contributed by atoms with Gasteiger partial charge in [0.2, 0.25) is 0 Å². The fourth-order valence-corrected chi connectivity index (χ4v) is 14.4. The monoisotopic (exact) mass is 1490 g/mol. The van der Waals surface area contributed by atoms with Gasteiger partial charge in [-0.1, -0.05) is 382 Å². The zero-order valence-electron chi connectivity index (χ0n) is 67.1. The van der Waals surface area contributed by atoms with Crippen LogP contribution in [0.3, 0.4) is 0 Å². The van der Waals surface area contributed by atoms with Crippen LogP contribution in [0.25, 0.3) is 0 Å². The van der Waals surface area contributed by atoms with Crippen molar-refractivity contribution in [2.75, 3.05) is 39.6 Å². The fourth-order valence-electron chi connectivity index (χ4n) is 12.8. The minimum absolute atomic E-state index is 0.107. The first-order valence-corrected chi connectivity index (χ1v) is 45.9. The smallest absolute Gasteiger partial charge is 0.462 e. The van der Waals surface area contributed by atoms with E-state index in [0.717, 1.165) is 108 Å². The Morgan fingerprint density at radius 3 is 0.745 bits per heavy atom. The van der Waals surface area contributed by atoms with E-state index < -0.39 is 97.5 Å². The lowest BCUT2D eigenvalue weighted by Crippen LogP contribution is -2.30. The standard InChI is InChI=1S/C83H162O17P2/c1-8-10-11-12-13-14-36-43-50-57-64-80(85)93-70-78(100-83(88)67-60-53-46-39-32-26-28-34-41-48-55-62-75(5)6)72-97-101(89,90)95-68-77(84)69-96-102(91,92)98-73-79(71-94-81(86)65-58-51-44-37-30-25-21-22-27-33-40-47-54-61-74(3)4)99-82(87)66-59-52-45-38-31-24-20-18-16-15-17-19-23-29-35-42-49-56-63-76(7)9-2/h74-79,84H,8-73H2,1-7H3,(H,89,90)(H,91,92)/t76?,77-,78+,79+/m0/s1. The maximum Gasteiger partial charge on any atom is 0.472 e. The molecule has 0 bridgehead atoms. The highest BCUT2D eigenvalue weighted by Crippen LogP contribution is 2.45. The van der Waals surface area contributed by atoms with Crippen LogP contribution in [0.5, 0.6) is 0 Å². The lowest BCUT2D eigenvalue weighted by atomic mass is 9.99. The summed E-state index contributed by atoms with van der Waals surface area (Å²) in [6, 6.07) is 0. The average molecular weight is 1490 g/mol. The molecule has 0 saturated heterocycles. The molecular formula is C83H162O17P2. The van der Waals surface area contributed by atoms with Crippen LogP contribution in [0.4, 0.5) is 0 Å². The molecule has 0 rings (SSSR count). The highest BCUT2D eigenvalue weighted by molar-refractivity contribution is 7.47. The zero-order chi connectivity index (χ0) is 75.1. The maximum absolute atomic E-state index is 13.1. The largest absolute Gasteiger partial charge is 0.472 e.